The van der Waals surface area contributed by atoms with E-state index in [4.69, 9.17) is 14.2 Å². The number of pyridine rings is 1. The number of nitrogens with zero attached hydrogens (tertiary/aromatic N) is 3. The summed E-state index contributed by atoms with van der Waals surface area (Å²) >= 11 is 0. The average Bonchev–Trinajstić information content (AvgIpc) is 3.13. The van der Waals surface area contributed by atoms with Crippen molar-refractivity contribution in [3.63, 3.8) is 0 Å². The molecule has 2 aromatic heterocycles. The predicted octanol–water partition coefficient (Wildman–Crippen LogP) is 3.90. The van der Waals surface area contributed by atoms with Gasteiger partial charge in [-0.25, -0.2) is 4.68 Å². The summed E-state index contributed by atoms with van der Waals surface area (Å²) in [5.74, 6) is 1.20. The summed E-state index contributed by atoms with van der Waals surface area (Å²) in [6, 6.07) is 13.3. The topological polar surface area (TPSA) is 102 Å². The monoisotopic (exact) mass is 430 g/mol. The molecule has 0 aliphatic carbocycles. The molecule has 0 aliphatic rings. The standard InChI is InChI=1S/C24H22N4O4/c1-13-6-8-15(9-7-13)28-23-19(14(2)27-28)20(17(12-25)24(29)26-23)16-10-11-18(30-3)22(32-5)21(16)31-4/h6-11H,1-5H3,(H,26,29). The quantitative estimate of drug-likeness (QED) is 0.515. The molecule has 4 rings (SSSR count). The smallest absolute Gasteiger partial charge is 0.268 e. The van der Waals surface area contributed by atoms with Crippen LogP contribution in [0, 0.1) is 25.2 Å². The maximum Gasteiger partial charge on any atom is 0.268 e. The van der Waals surface area contributed by atoms with Gasteiger partial charge >= 0.3 is 0 Å². The van der Waals surface area contributed by atoms with Crippen LogP contribution in [-0.4, -0.2) is 36.1 Å². The molecule has 0 amide bonds. The first-order chi connectivity index (χ1) is 15.4. The molecule has 0 fully saturated rings. The number of nitriles is 1. The number of aromatic nitrogens is 3. The van der Waals surface area contributed by atoms with Gasteiger partial charge in [-0.05, 0) is 38.1 Å². The van der Waals surface area contributed by atoms with Crippen LogP contribution in [0.3, 0.4) is 0 Å². The molecule has 2 heterocycles. The van der Waals surface area contributed by atoms with Crippen molar-refractivity contribution in [2.45, 2.75) is 13.8 Å². The molecule has 2 aromatic carbocycles. The SMILES string of the molecule is COc1ccc(-c2c(C#N)c(=O)[nH]c3c2c(C)nn3-c2ccc(C)cc2)c(OC)c1OC. The van der Waals surface area contributed by atoms with Gasteiger partial charge in [-0.3, -0.25) is 4.79 Å². The van der Waals surface area contributed by atoms with Crippen molar-refractivity contribution >= 4 is 11.0 Å². The number of hydrogen-bond acceptors (Lipinski definition) is 6. The summed E-state index contributed by atoms with van der Waals surface area (Å²) in [7, 11) is 4.53. The van der Waals surface area contributed by atoms with Gasteiger partial charge in [-0.15, -0.1) is 0 Å². The van der Waals surface area contributed by atoms with E-state index in [0.29, 0.717) is 45.1 Å². The van der Waals surface area contributed by atoms with Crippen molar-refractivity contribution in [2.24, 2.45) is 0 Å². The highest BCUT2D eigenvalue weighted by molar-refractivity contribution is 6.00. The molecule has 0 unspecified atom stereocenters. The van der Waals surface area contributed by atoms with Crippen molar-refractivity contribution < 1.29 is 14.2 Å². The fourth-order valence-corrected chi connectivity index (χ4v) is 3.90. The van der Waals surface area contributed by atoms with Gasteiger partial charge in [0.2, 0.25) is 5.75 Å². The third kappa shape index (κ3) is 3.15. The van der Waals surface area contributed by atoms with Gasteiger partial charge in [0.05, 0.1) is 32.7 Å². The van der Waals surface area contributed by atoms with E-state index >= 15 is 0 Å². The van der Waals surface area contributed by atoms with E-state index in [1.165, 1.54) is 21.3 Å². The average molecular weight is 430 g/mol. The molecule has 0 saturated heterocycles. The Balaban J connectivity index is 2.14. The lowest BCUT2D eigenvalue weighted by Gasteiger charge is -2.17. The van der Waals surface area contributed by atoms with Crippen LogP contribution < -0.4 is 19.8 Å². The Kier molecular flexibility index (Phi) is 5.33. The predicted molar refractivity (Wildman–Crippen MR) is 121 cm³/mol. The molecule has 0 spiro atoms. The molecule has 0 aliphatic heterocycles. The third-order valence-corrected chi connectivity index (χ3v) is 5.38. The van der Waals surface area contributed by atoms with Crippen LogP contribution in [0.25, 0.3) is 27.8 Å². The van der Waals surface area contributed by atoms with Gasteiger partial charge in [-0.1, -0.05) is 17.7 Å². The lowest BCUT2D eigenvalue weighted by atomic mass is 9.96. The largest absolute Gasteiger partial charge is 0.493 e. The minimum absolute atomic E-state index is 0.0328. The van der Waals surface area contributed by atoms with Crippen LogP contribution in [0.2, 0.25) is 0 Å². The summed E-state index contributed by atoms with van der Waals surface area (Å²) in [4.78, 5) is 15.8. The minimum atomic E-state index is -0.514. The van der Waals surface area contributed by atoms with E-state index in [9.17, 15) is 10.1 Å². The van der Waals surface area contributed by atoms with E-state index < -0.39 is 5.56 Å². The van der Waals surface area contributed by atoms with Gasteiger partial charge < -0.3 is 19.2 Å². The third-order valence-electron chi connectivity index (χ3n) is 5.38. The molecule has 0 atom stereocenters. The maximum absolute atomic E-state index is 13.0. The van der Waals surface area contributed by atoms with Crippen LogP contribution in [0.5, 0.6) is 17.2 Å². The molecule has 0 radical (unpaired) electrons. The van der Waals surface area contributed by atoms with Gasteiger partial charge in [0.15, 0.2) is 11.5 Å². The van der Waals surface area contributed by atoms with E-state index in [1.807, 2.05) is 44.2 Å². The second-order valence-electron chi connectivity index (χ2n) is 7.25. The van der Waals surface area contributed by atoms with Gasteiger partial charge in [0.25, 0.3) is 5.56 Å². The lowest BCUT2D eigenvalue weighted by Crippen LogP contribution is -2.14. The van der Waals surface area contributed by atoms with Crippen molar-refractivity contribution in [1.29, 1.82) is 5.26 Å². The number of H-pyrrole nitrogens is 1. The van der Waals surface area contributed by atoms with Crippen molar-refractivity contribution in [3.8, 4) is 40.1 Å². The van der Waals surface area contributed by atoms with Crippen LogP contribution in [0.15, 0.2) is 41.2 Å². The zero-order valence-corrected chi connectivity index (χ0v) is 18.4. The van der Waals surface area contributed by atoms with Gasteiger partial charge in [-0.2, -0.15) is 10.4 Å². The molecular weight excluding hydrogens is 408 g/mol. The molecule has 8 heteroatoms. The van der Waals surface area contributed by atoms with Crippen molar-refractivity contribution in [2.75, 3.05) is 21.3 Å². The van der Waals surface area contributed by atoms with E-state index in [0.717, 1.165) is 11.3 Å². The van der Waals surface area contributed by atoms with Crippen molar-refractivity contribution in [1.82, 2.24) is 14.8 Å². The van der Waals surface area contributed by atoms with Gasteiger partial charge in [0.1, 0.15) is 17.3 Å². The first kappa shape index (κ1) is 21.0. The Morgan fingerprint density at radius 3 is 2.25 bits per heavy atom. The van der Waals surface area contributed by atoms with Crippen LogP contribution in [0.1, 0.15) is 16.8 Å². The number of aromatic amines is 1. The number of benzene rings is 2. The Bertz CT molecular complexity index is 1430. The highest BCUT2D eigenvalue weighted by Gasteiger charge is 2.26. The van der Waals surface area contributed by atoms with Crippen molar-refractivity contribution in [3.05, 3.63) is 63.6 Å². The van der Waals surface area contributed by atoms with E-state index in [-0.39, 0.29) is 5.56 Å². The number of nitrogens with one attached hydrogen (secondary N) is 1. The number of hydrogen-bond donors (Lipinski definition) is 1. The zero-order chi connectivity index (χ0) is 23.0. The Labute approximate surface area is 184 Å². The normalized spacial score (nSPS) is 10.8. The van der Waals surface area contributed by atoms with Crippen LogP contribution >= 0.6 is 0 Å². The number of ether oxygens (including phenoxy) is 3. The molecular formula is C24H22N4O4. The number of aryl methyl sites for hydroxylation is 2. The highest BCUT2D eigenvalue weighted by atomic mass is 16.5. The number of methoxy groups -OCH3 is 3. The van der Waals surface area contributed by atoms with Crippen LogP contribution in [0.4, 0.5) is 0 Å². The molecule has 0 bridgehead atoms. The molecule has 8 nitrogen and oxygen atoms in total. The fraction of sp³-hybridized carbons (Fsp3) is 0.208. The Morgan fingerprint density at radius 2 is 1.66 bits per heavy atom. The minimum Gasteiger partial charge on any atom is -0.493 e. The molecule has 4 aromatic rings. The second-order valence-corrected chi connectivity index (χ2v) is 7.25. The fourth-order valence-electron chi connectivity index (χ4n) is 3.90. The lowest BCUT2D eigenvalue weighted by molar-refractivity contribution is 0.325. The molecule has 0 saturated carbocycles. The molecule has 1 N–H and O–H groups in total. The summed E-state index contributed by atoms with van der Waals surface area (Å²) in [5, 5.41) is 15.2. The summed E-state index contributed by atoms with van der Waals surface area (Å²) in [5.41, 5.74) is 3.46. The summed E-state index contributed by atoms with van der Waals surface area (Å²) < 4.78 is 18.2. The van der Waals surface area contributed by atoms with E-state index in [2.05, 4.69) is 10.1 Å². The molecule has 162 valence electrons. The van der Waals surface area contributed by atoms with Crippen LogP contribution in [-0.2, 0) is 0 Å². The summed E-state index contributed by atoms with van der Waals surface area (Å²) in [6.45, 7) is 3.84. The molecule has 32 heavy (non-hydrogen) atoms. The maximum atomic E-state index is 13.0. The number of fused-ring (bicyclic) bond motifs is 1. The number of rotatable bonds is 5. The zero-order valence-electron chi connectivity index (χ0n) is 18.4. The second kappa shape index (κ2) is 8.12. The first-order valence-corrected chi connectivity index (χ1v) is 9.87. The first-order valence-electron chi connectivity index (χ1n) is 9.87. The Morgan fingerprint density at radius 1 is 0.969 bits per heavy atom. The Hall–Kier alpha value is -4.25. The van der Waals surface area contributed by atoms with Gasteiger partial charge in [0, 0.05) is 16.5 Å². The summed E-state index contributed by atoms with van der Waals surface area (Å²) in [6.07, 6.45) is 0. The highest BCUT2D eigenvalue weighted by Crippen LogP contribution is 2.46. The van der Waals surface area contributed by atoms with E-state index in [1.54, 1.807) is 16.8 Å².